The predicted octanol–water partition coefficient (Wildman–Crippen LogP) is 3.62. The topological polar surface area (TPSA) is 52.6 Å². The molecule has 2 aliphatic rings. The van der Waals surface area contributed by atoms with E-state index in [1.54, 1.807) is 0 Å². The second kappa shape index (κ2) is 9.06. The Morgan fingerprint density at radius 1 is 0.714 bits per heavy atom. The minimum Gasteiger partial charge on any atom is -0.465 e. The van der Waals surface area contributed by atoms with Gasteiger partial charge in [-0.3, -0.25) is 9.59 Å². The van der Waals surface area contributed by atoms with Gasteiger partial charge < -0.3 is 9.47 Å². The molecule has 2 rings (SSSR count). The molecule has 21 heavy (non-hydrogen) atoms. The van der Waals surface area contributed by atoms with E-state index in [2.05, 4.69) is 0 Å². The minimum atomic E-state index is -0.445. The summed E-state index contributed by atoms with van der Waals surface area (Å²) in [5, 5.41) is 0. The summed E-state index contributed by atoms with van der Waals surface area (Å²) in [5.74, 6) is 0.519. The zero-order chi connectivity index (χ0) is 14.9. The van der Waals surface area contributed by atoms with E-state index in [0.29, 0.717) is 25.0 Å². The Bertz CT molecular complexity index is 296. The first-order chi connectivity index (χ1) is 10.2. The number of hydrogen-bond donors (Lipinski definition) is 0. The summed E-state index contributed by atoms with van der Waals surface area (Å²) in [7, 11) is 0. The Labute approximate surface area is 127 Å². The molecular formula is C17H28O4. The number of hydrogen-bond acceptors (Lipinski definition) is 4. The van der Waals surface area contributed by atoms with Crippen LogP contribution in [-0.4, -0.2) is 25.2 Å². The zero-order valence-corrected chi connectivity index (χ0v) is 13.0. The van der Waals surface area contributed by atoms with Gasteiger partial charge in [0.25, 0.3) is 0 Å². The lowest BCUT2D eigenvalue weighted by Gasteiger charge is -2.10. The maximum atomic E-state index is 11.5. The van der Waals surface area contributed by atoms with Crippen molar-refractivity contribution >= 4 is 11.9 Å². The Morgan fingerprint density at radius 2 is 1.10 bits per heavy atom. The van der Waals surface area contributed by atoms with Crippen LogP contribution in [0.1, 0.15) is 70.6 Å². The molecule has 0 N–H and O–H groups in total. The van der Waals surface area contributed by atoms with Crippen molar-refractivity contribution in [1.82, 2.24) is 0 Å². The third-order valence-corrected chi connectivity index (χ3v) is 4.82. The van der Waals surface area contributed by atoms with Gasteiger partial charge >= 0.3 is 11.9 Å². The molecule has 0 aromatic heterocycles. The van der Waals surface area contributed by atoms with Gasteiger partial charge in [0.15, 0.2) is 0 Å². The van der Waals surface area contributed by atoms with Crippen LogP contribution in [0.2, 0.25) is 0 Å². The van der Waals surface area contributed by atoms with E-state index in [0.717, 1.165) is 12.8 Å². The molecular weight excluding hydrogens is 268 g/mol. The second-order valence-corrected chi connectivity index (χ2v) is 6.50. The first-order valence-electron chi connectivity index (χ1n) is 8.55. The number of rotatable bonds is 8. The molecule has 0 radical (unpaired) electrons. The van der Waals surface area contributed by atoms with E-state index in [1.807, 2.05) is 0 Å². The Balaban J connectivity index is 1.47. The van der Waals surface area contributed by atoms with Crippen LogP contribution >= 0.6 is 0 Å². The fraction of sp³-hybridized carbons (Fsp3) is 0.882. The van der Waals surface area contributed by atoms with Crippen molar-refractivity contribution in [2.75, 3.05) is 13.2 Å². The third kappa shape index (κ3) is 6.49. The highest BCUT2D eigenvalue weighted by atomic mass is 16.6. The van der Waals surface area contributed by atoms with Gasteiger partial charge in [-0.1, -0.05) is 51.4 Å². The lowest BCUT2D eigenvalue weighted by molar-refractivity contribution is -0.154. The molecule has 0 atom stereocenters. The van der Waals surface area contributed by atoms with Crippen LogP contribution in [-0.2, 0) is 19.1 Å². The zero-order valence-electron chi connectivity index (χ0n) is 13.0. The molecule has 2 saturated carbocycles. The SMILES string of the molecule is O=C(CC(=O)OCCC1CCCC1)OCCC1CCCC1. The second-order valence-electron chi connectivity index (χ2n) is 6.50. The standard InChI is InChI=1S/C17H28O4/c18-16(20-11-9-14-5-1-2-6-14)13-17(19)21-12-10-15-7-3-4-8-15/h14-15H,1-13H2. The van der Waals surface area contributed by atoms with Crippen molar-refractivity contribution in [3.63, 3.8) is 0 Å². The van der Waals surface area contributed by atoms with Crippen molar-refractivity contribution in [1.29, 1.82) is 0 Å². The Morgan fingerprint density at radius 3 is 1.48 bits per heavy atom. The molecule has 2 fully saturated rings. The highest BCUT2D eigenvalue weighted by Crippen LogP contribution is 2.28. The van der Waals surface area contributed by atoms with Crippen LogP contribution in [0.4, 0.5) is 0 Å². The van der Waals surface area contributed by atoms with Gasteiger partial charge in [-0.25, -0.2) is 0 Å². The lowest BCUT2D eigenvalue weighted by Crippen LogP contribution is -2.16. The average molecular weight is 296 g/mol. The van der Waals surface area contributed by atoms with Crippen LogP contribution < -0.4 is 0 Å². The quantitative estimate of drug-likeness (QED) is 0.507. The van der Waals surface area contributed by atoms with Crippen molar-refractivity contribution in [2.45, 2.75) is 70.6 Å². The number of ether oxygens (including phenoxy) is 2. The summed E-state index contributed by atoms with van der Waals surface area (Å²) in [5.41, 5.74) is 0. The molecule has 4 nitrogen and oxygen atoms in total. The van der Waals surface area contributed by atoms with E-state index in [1.165, 1.54) is 51.4 Å². The molecule has 120 valence electrons. The van der Waals surface area contributed by atoms with Crippen molar-refractivity contribution in [2.24, 2.45) is 11.8 Å². The lowest BCUT2D eigenvalue weighted by atomic mass is 10.1. The fourth-order valence-electron chi connectivity index (χ4n) is 3.50. The molecule has 2 aliphatic carbocycles. The normalized spacial score (nSPS) is 19.8. The van der Waals surface area contributed by atoms with E-state index in [4.69, 9.17) is 9.47 Å². The van der Waals surface area contributed by atoms with Crippen molar-refractivity contribution in [3.05, 3.63) is 0 Å². The highest BCUT2D eigenvalue weighted by molar-refractivity contribution is 5.91. The van der Waals surface area contributed by atoms with E-state index in [9.17, 15) is 9.59 Å². The van der Waals surface area contributed by atoms with Gasteiger partial charge in [0.1, 0.15) is 6.42 Å². The van der Waals surface area contributed by atoms with Crippen LogP contribution in [0.25, 0.3) is 0 Å². The fourth-order valence-corrected chi connectivity index (χ4v) is 3.50. The van der Waals surface area contributed by atoms with Crippen LogP contribution in [0.3, 0.4) is 0 Å². The average Bonchev–Trinajstić information content (AvgIpc) is 3.11. The van der Waals surface area contributed by atoms with Crippen molar-refractivity contribution < 1.29 is 19.1 Å². The van der Waals surface area contributed by atoms with E-state index >= 15 is 0 Å². The van der Waals surface area contributed by atoms with Crippen LogP contribution in [0, 0.1) is 11.8 Å². The molecule has 0 heterocycles. The predicted molar refractivity (Wildman–Crippen MR) is 79.7 cm³/mol. The van der Waals surface area contributed by atoms with Crippen LogP contribution in [0.15, 0.2) is 0 Å². The molecule has 0 saturated heterocycles. The van der Waals surface area contributed by atoms with E-state index < -0.39 is 11.9 Å². The largest absolute Gasteiger partial charge is 0.465 e. The smallest absolute Gasteiger partial charge is 0.317 e. The number of carbonyl (C=O) groups is 2. The van der Waals surface area contributed by atoms with Gasteiger partial charge in [-0.15, -0.1) is 0 Å². The summed E-state index contributed by atoms with van der Waals surface area (Å²) in [6.45, 7) is 0.887. The monoisotopic (exact) mass is 296 g/mol. The minimum absolute atomic E-state index is 0.241. The van der Waals surface area contributed by atoms with Gasteiger partial charge in [0, 0.05) is 0 Å². The van der Waals surface area contributed by atoms with Gasteiger partial charge in [-0.2, -0.15) is 0 Å². The summed E-state index contributed by atoms with van der Waals surface area (Å²) in [6.07, 6.45) is 11.8. The molecule has 0 bridgehead atoms. The third-order valence-electron chi connectivity index (χ3n) is 4.82. The first kappa shape index (κ1) is 16.3. The molecule has 0 aromatic rings. The molecule has 0 unspecified atom stereocenters. The Kier molecular flexibility index (Phi) is 7.04. The van der Waals surface area contributed by atoms with Gasteiger partial charge in [0.2, 0.25) is 0 Å². The van der Waals surface area contributed by atoms with Gasteiger partial charge in [-0.05, 0) is 24.7 Å². The number of carbonyl (C=O) groups excluding carboxylic acids is 2. The summed E-state index contributed by atoms with van der Waals surface area (Å²) in [4.78, 5) is 23.0. The highest BCUT2D eigenvalue weighted by Gasteiger charge is 2.18. The summed E-state index contributed by atoms with van der Waals surface area (Å²) in [6, 6.07) is 0. The number of esters is 2. The molecule has 0 aliphatic heterocycles. The Hall–Kier alpha value is -1.06. The maximum absolute atomic E-state index is 11.5. The van der Waals surface area contributed by atoms with Crippen molar-refractivity contribution in [3.8, 4) is 0 Å². The molecule has 4 heteroatoms. The van der Waals surface area contributed by atoms with E-state index in [-0.39, 0.29) is 6.42 Å². The first-order valence-corrected chi connectivity index (χ1v) is 8.55. The summed E-state index contributed by atoms with van der Waals surface area (Å²) >= 11 is 0. The molecule has 0 aromatic carbocycles. The van der Waals surface area contributed by atoms with Gasteiger partial charge in [0.05, 0.1) is 13.2 Å². The molecule has 0 amide bonds. The summed E-state index contributed by atoms with van der Waals surface area (Å²) < 4.78 is 10.2. The maximum Gasteiger partial charge on any atom is 0.317 e. The molecule has 0 spiro atoms. The van der Waals surface area contributed by atoms with Crippen LogP contribution in [0.5, 0.6) is 0 Å².